The SMILES string of the molecule is C=C[C@H](CO[C@H]1O[C@H](COCc2ccccc2)[C@@H](OCc2ccccc2)[C@H](OCc2ccccc2)[C@H]1OCc1ccccc1)N(C(=O)OC(C)(C)C)C(=O)OC(C)(C)C. The third kappa shape index (κ3) is 14.7. The van der Waals surface area contributed by atoms with Crippen LogP contribution in [0.3, 0.4) is 0 Å². The number of imide groups is 1. The van der Waals surface area contributed by atoms with E-state index in [4.69, 9.17) is 37.9 Å². The molecule has 2 amide bonds. The van der Waals surface area contributed by atoms with Crippen LogP contribution in [0.15, 0.2) is 134 Å². The molecule has 1 aliphatic rings. The van der Waals surface area contributed by atoms with Crippen molar-refractivity contribution in [3.05, 3.63) is 156 Å². The number of nitrogens with zero attached hydrogens (tertiary/aromatic N) is 1. The molecule has 1 heterocycles. The zero-order valence-electron chi connectivity index (χ0n) is 35.1. The Hall–Kier alpha value is -4.88. The predicted molar refractivity (Wildman–Crippen MR) is 224 cm³/mol. The van der Waals surface area contributed by atoms with E-state index in [0.29, 0.717) is 6.61 Å². The molecule has 0 radical (unpaired) electrons. The number of rotatable bonds is 18. The Labute approximate surface area is 349 Å². The minimum Gasteiger partial charge on any atom is -0.443 e. The summed E-state index contributed by atoms with van der Waals surface area (Å²) < 4.78 is 51.3. The van der Waals surface area contributed by atoms with Gasteiger partial charge in [-0.2, -0.15) is 0 Å². The van der Waals surface area contributed by atoms with Gasteiger partial charge in [0, 0.05) is 0 Å². The van der Waals surface area contributed by atoms with Gasteiger partial charge in [-0.1, -0.05) is 127 Å². The highest BCUT2D eigenvalue weighted by Crippen LogP contribution is 2.32. The summed E-state index contributed by atoms with van der Waals surface area (Å²) in [5, 5.41) is 0. The summed E-state index contributed by atoms with van der Waals surface area (Å²) >= 11 is 0. The van der Waals surface area contributed by atoms with Crippen LogP contribution in [0.5, 0.6) is 0 Å². The zero-order valence-corrected chi connectivity index (χ0v) is 35.1. The van der Waals surface area contributed by atoms with Gasteiger partial charge < -0.3 is 37.9 Å². The van der Waals surface area contributed by atoms with Crippen LogP contribution in [0, 0.1) is 0 Å². The lowest BCUT2D eigenvalue weighted by atomic mass is 9.97. The third-order valence-electron chi connectivity index (χ3n) is 9.06. The number of benzene rings is 4. The predicted octanol–water partition coefficient (Wildman–Crippen LogP) is 9.43. The molecule has 1 aliphatic heterocycles. The van der Waals surface area contributed by atoms with Crippen LogP contribution in [-0.4, -0.2) is 78.2 Å². The average molecular weight is 810 g/mol. The fourth-order valence-electron chi connectivity index (χ4n) is 6.29. The van der Waals surface area contributed by atoms with Crippen molar-refractivity contribution in [2.45, 2.75) is 116 Å². The van der Waals surface area contributed by atoms with Crippen LogP contribution in [-0.2, 0) is 64.3 Å². The number of amides is 2. The normalized spacial score (nSPS) is 20.0. The second kappa shape index (κ2) is 21.9. The van der Waals surface area contributed by atoms with Gasteiger partial charge in [-0.15, -0.1) is 6.58 Å². The summed E-state index contributed by atoms with van der Waals surface area (Å²) in [7, 11) is 0. The van der Waals surface area contributed by atoms with Gasteiger partial charge in [0.05, 0.1) is 45.7 Å². The number of carbonyl (C=O) groups is 2. The van der Waals surface area contributed by atoms with Crippen molar-refractivity contribution < 1.29 is 47.5 Å². The average Bonchev–Trinajstić information content (AvgIpc) is 3.20. The minimum absolute atomic E-state index is 0.123. The highest BCUT2D eigenvalue weighted by molar-refractivity contribution is 5.89. The maximum atomic E-state index is 13.6. The van der Waals surface area contributed by atoms with Crippen molar-refractivity contribution in [2.24, 2.45) is 0 Å². The molecule has 4 aromatic carbocycles. The first-order valence-corrected chi connectivity index (χ1v) is 20.0. The molecule has 1 fully saturated rings. The number of carbonyl (C=O) groups excluding carboxylic acids is 2. The lowest BCUT2D eigenvalue weighted by Crippen LogP contribution is -2.62. The van der Waals surface area contributed by atoms with Gasteiger partial charge in [0.1, 0.15) is 35.6 Å². The van der Waals surface area contributed by atoms with E-state index in [2.05, 4.69) is 6.58 Å². The fourth-order valence-corrected chi connectivity index (χ4v) is 6.29. The second-order valence-corrected chi connectivity index (χ2v) is 16.3. The van der Waals surface area contributed by atoms with Crippen LogP contribution < -0.4 is 0 Å². The molecule has 59 heavy (non-hydrogen) atoms. The molecule has 0 aliphatic carbocycles. The molecule has 11 heteroatoms. The van der Waals surface area contributed by atoms with Crippen molar-refractivity contribution in [3.63, 3.8) is 0 Å². The first kappa shape index (κ1) is 45.2. The van der Waals surface area contributed by atoms with E-state index in [9.17, 15) is 9.59 Å². The summed E-state index contributed by atoms with van der Waals surface area (Å²) in [5.41, 5.74) is 2.03. The van der Waals surface area contributed by atoms with E-state index in [1.165, 1.54) is 6.08 Å². The molecule has 4 aromatic rings. The van der Waals surface area contributed by atoms with Crippen LogP contribution in [0.25, 0.3) is 0 Å². The molecule has 0 unspecified atom stereocenters. The Morgan fingerprint density at radius 2 is 0.983 bits per heavy atom. The molecule has 0 aromatic heterocycles. The molecule has 0 saturated carbocycles. The van der Waals surface area contributed by atoms with Gasteiger partial charge >= 0.3 is 12.2 Å². The summed E-state index contributed by atoms with van der Waals surface area (Å²) in [6.45, 7) is 15.2. The molecule has 0 N–H and O–H groups in total. The van der Waals surface area contributed by atoms with Gasteiger partial charge in [0.15, 0.2) is 6.29 Å². The Morgan fingerprint density at radius 3 is 1.39 bits per heavy atom. The Morgan fingerprint density at radius 1 is 0.593 bits per heavy atom. The second-order valence-electron chi connectivity index (χ2n) is 16.3. The van der Waals surface area contributed by atoms with Crippen molar-refractivity contribution in [1.82, 2.24) is 4.90 Å². The topological polar surface area (TPSA) is 111 Å². The van der Waals surface area contributed by atoms with Gasteiger partial charge in [0.2, 0.25) is 0 Å². The first-order valence-electron chi connectivity index (χ1n) is 20.0. The van der Waals surface area contributed by atoms with Crippen molar-refractivity contribution in [2.75, 3.05) is 13.2 Å². The molecule has 0 spiro atoms. The smallest absolute Gasteiger partial charge is 0.420 e. The highest BCUT2D eigenvalue weighted by Gasteiger charge is 2.50. The van der Waals surface area contributed by atoms with E-state index in [-0.39, 0.29) is 33.0 Å². The minimum atomic E-state index is -1.09. The third-order valence-corrected chi connectivity index (χ3v) is 9.06. The molecular weight excluding hydrogens is 751 g/mol. The molecule has 1 saturated heterocycles. The number of hydrogen-bond acceptors (Lipinski definition) is 10. The Bertz CT molecular complexity index is 1820. The van der Waals surface area contributed by atoms with E-state index in [1.54, 1.807) is 41.5 Å². The molecule has 11 nitrogen and oxygen atoms in total. The van der Waals surface area contributed by atoms with Crippen LogP contribution >= 0.6 is 0 Å². The summed E-state index contributed by atoms with van der Waals surface area (Å²) in [6, 6.07) is 38.3. The van der Waals surface area contributed by atoms with Crippen LogP contribution in [0.2, 0.25) is 0 Å². The standard InChI is InChI=1S/C48H59NO10/c1-8-39(49(45(50)58-47(2,3)4)46(51)59-48(5,6)7)33-56-44-43(55-32-38-27-19-12-20-28-38)42(54-31-37-25-17-11-18-26-37)41(53-30-36-23-15-10-16-24-36)40(57-44)34-52-29-35-21-13-9-14-22-35/h8-28,39-44H,1,29-34H2,2-7H3/t39-,40-,41-,42+,43-,44+/m1/s1. The monoisotopic (exact) mass is 809 g/mol. The van der Waals surface area contributed by atoms with Crippen molar-refractivity contribution in [3.8, 4) is 0 Å². The number of hydrogen-bond donors (Lipinski definition) is 0. The quantitative estimate of drug-likeness (QED) is 0.0902. The fraction of sp³-hybridized carbons (Fsp3) is 0.417. The van der Waals surface area contributed by atoms with E-state index < -0.39 is 60.1 Å². The Balaban J connectivity index is 1.50. The number of ether oxygens (including phenoxy) is 8. The molecule has 6 atom stereocenters. The zero-order chi connectivity index (χ0) is 42.3. The molecular formula is C48H59NO10. The van der Waals surface area contributed by atoms with Crippen molar-refractivity contribution in [1.29, 1.82) is 0 Å². The van der Waals surface area contributed by atoms with E-state index in [0.717, 1.165) is 27.2 Å². The van der Waals surface area contributed by atoms with Gasteiger partial charge in [-0.3, -0.25) is 0 Å². The van der Waals surface area contributed by atoms with Gasteiger partial charge in [0.25, 0.3) is 0 Å². The largest absolute Gasteiger partial charge is 0.443 e. The van der Waals surface area contributed by atoms with Gasteiger partial charge in [-0.25, -0.2) is 14.5 Å². The van der Waals surface area contributed by atoms with Crippen molar-refractivity contribution >= 4 is 12.2 Å². The highest BCUT2D eigenvalue weighted by atomic mass is 16.7. The maximum absolute atomic E-state index is 13.6. The van der Waals surface area contributed by atoms with Crippen LogP contribution in [0.1, 0.15) is 63.8 Å². The van der Waals surface area contributed by atoms with E-state index >= 15 is 0 Å². The first-order chi connectivity index (χ1) is 28.3. The van der Waals surface area contributed by atoms with Crippen LogP contribution in [0.4, 0.5) is 9.59 Å². The summed E-state index contributed by atoms with van der Waals surface area (Å²) in [6.07, 6.45) is -4.49. The Kier molecular flexibility index (Phi) is 16.8. The van der Waals surface area contributed by atoms with E-state index in [1.807, 2.05) is 121 Å². The molecule has 5 rings (SSSR count). The van der Waals surface area contributed by atoms with Gasteiger partial charge in [-0.05, 0) is 63.8 Å². The lowest BCUT2D eigenvalue weighted by Gasteiger charge is -2.46. The summed E-state index contributed by atoms with van der Waals surface area (Å²) in [5.74, 6) is 0. The summed E-state index contributed by atoms with van der Waals surface area (Å²) in [4.78, 5) is 28.2. The molecule has 316 valence electrons. The molecule has 0 bridgehead atoms. The lowest BCUT2D eigenvalue weighted by molar-refractivity contribution is -0.329. The maximum Gasteiger partial charge on any atom is 0.420 e.